The number of aliphatic carboxylic acids is 1. The molecule has 0 aliphatic heterocycles. The van der Waals surface area contributed by atoms with E-state index in [4.69, 9.17) is 1.43 Å². The fourth-order valence-corrected chi connectivity index (χ4v) is 0.164. The van der Waals surface area contributed by atoms with Crippen LogP contribution in [-0.4, -0.2) is 17.3 Å². The number of hydrogen-bond donors (Lipinski definition) is 1. The topological polar surface area (TPSA) is 37.3 Å². The highest BCUT2D eigenvalue weighted by molar-refractivity contribution is 5.67. The molecule has 0 saturated heterocycles. The van der Waals surface area contributed by atoms with Gasteiger partial charge >= 0.3 is 12.1 Å². The molecule has 0 atom stereocenters. The molecular weight excluding hydrogens is 125 g/mol. The zero-order valence-corrected chi connectivity index (χ0v) is 3.66. The lowest BCUT2D eigenvalue weighted by Gasteiger charge is -1.98. The second-order valence-corrected chi connectivity index (χ2v) is 1.16. The summed E-state index contributed by atoms with van der Waals surface area (Å²) in [4.78, 5) is 9.70. The molecule has 48 valence electrons. The molecular formula is C3H3F3O2. The predicted octanol–water partition coefficient (Wildman–Crippen LogP) is 1.02. The summed E-state index contributed by atoms with van der Waals surface area (Å²) in [5.74, 6) is -1.59. The van der Waals surface area contributed by atoms with Crippen molar-refractivity contribution in [2.45, 2.75) is 12.6 Å². The zero-order chi connectivity index (χ0) is 7.49. The maximum Gasteiger partial charge on any atom is 0.399 e. The molecule has 0 heterocycles. The van der Waals surface area contributed by atoms with Crippen molar-refractivity contribution in [1.82, 2.24) is 0 Å². The van der Waals surface area contributed by atoms with Gasteiger partial charge in [-0.1, -0.05) is 0 Å². The number of halogens is 3. The Morgan fingerprint density at radius 1 is 1.75 bits per heavy atom. The van der Waals surface area contributed by atoms with Crippen LogP contribution < -0.4 is 0 Å². The van der Waals surface area contributed by atoms with Crippen LogP contribution in [0.1, 0.15) is 6.42 Å². The van der Waals surface area contributed by atoms with Crippen molar-refractivity contribution >= 4 is 5.97 Å². The van der Waals surface area contributed by atoms with Crippen molar-refractivity contribution in [1.29, 1.82) is 1.43 Å². The lowest BCUT2D eigenvalue weighted by atomic mass is 10.4. The Kier molecular flexibility index (Phi) is 1.36. The van der Waals surface area contributed by atoms with Gasteiger partial charge in [-0.15, -0.1) is 0 Å². The highest BCUT2D eigenvalue weighted by atomic mass is 19.4. The van der Waals surface area contributed by atoms with E-state index in [-0.39, 0.29) is 0 Å². The quantitative estimate of drug-likeness (QED) is 0.573. The van der Waals surface area contributed by atoms with Gasteiger partial charge in [-0.3, -0.25) is 4.79 Å². The molecule has 0 bridgehead atoms. The monoisotopic (exact) mass is 129 g/mol. The molecule has 0 radical (unpaired) electrons. The highest BCUT2D eigenvalue weighted by Crippen LogP contribution is 2.18. The van der Waals surface area contributed by atoms with Crippen LogP contribution in [0, 0.1) is 0 Å². The van der Waals surface area contributed by atoms with Gasteiger partial charge in [0.2, 0.25) is 0 Å². The molecule has 0 saturated carbocycles. The maximum atomic E-state index is 11.1. The lowest BCUT2D eigenvalue weighted by Crippen LogP contribution is -2.13. The summed E-state index contributed by atoms with van der Waals surface area (Å²) >= 11 is 0. The van der Waals surface area contributed by atoms with Crippen molar-refractivity contribution in [2.24, 2.45) is 0 Å². The first-order chi connectivity index (χ1) is 3.95. The minimum atomic E-state index is -4.57. The molecule has 0 amide bonds. The van der Waals surface area contributed by atoms with E-state index in [1.54, 1.807) is 0 Å². The number of rotatable bonds is 1. The first-order valence-corrected chi connectivity index (χ1v) is 1.68. The Hall–Kier alpha value is -0.740. The number of carboxylic acids is 1. The Morgan fingerprint density at radius 3 is 2.38 bits per heavy atom. The smallest absolute Gasteiger partial charge is 0.399 e. The van der Waals surface area contributed by atoms with Crippen LogP contribution in [-0.2, 0) is 4.79 Å². The second kappa shape index (κ2) is 2.02. The van der Waals surface area contributed by atoms with Crippen LogP contribution >= 0.6 is 0 Å². The molecule has 0 rings (SSSR count). The Bertz CT molecular complexity index is 110. The van der Waals surface area contributed by atoms with Gasteiger partial charge in [0.15, 0.2) is 0 Å². The van der Waals surface area contributed by atoms with Crippen LogP contribution in [0.4, 0.5) is 13.2 Å². The third-order valence-electron chi connectivity index (χ3n) is 0.345. The molecule has 0 aliphatic carbocycles. The summed E-state index contributed by atoms with van der Waals surface area (Å²) in [6.07, 6.45) is -6.27. The third-order valence-corrected chi connectivity index (χ3v) is 0.345. The van der Waals surface area contributed by atoms with E-state index in [0.717, 1.165) is 0 Å². The van der Waals surface area contributed by atoms with Crippen molar-refractivity contribution in [2.75, 3.05) is 0 Å². The Balaban J connectivity index is 3.60. The number of alkyl halides is 3. The molecule has 0 aromatic heterocycles. The molecule has 8 heavy (non-hydrogen) atoms. The molecule has 1 N–H and O–H groups in total. The van der Waals surface area contributed by atoms with Crippen LogP contribution in [0.15, 0.2) is 0 Å². The van der Waals surface area contributed by atoms with E-state index in [9.17, 15) is 18.0 Å². The van der Waals surface area contributed by atoms with Crippen LogP contribution in [0.25, 0.3) is 1.43 Å². The van der Waals surface area contributed by atoms with Gasteiger partial charge in [0.25, 0.3) is 1.43 Å². The number of hydrogen-bond acceptors (Lipinski definition) is 2. The van der Waals surface area contributed by atoms with E-state index < -0.39 is 18.6 Å². The maximum absolute atomic E-state index is 11.1. The van der Waals surface area contributed by atoms with E-state index >= 15 is 0 Å². The predicted molar refractivity (Wildman–Crippen MR) is 18.3 cm³/mol. The fourth-order valence-electron chi connectivity index (χ4n) is 0.164. The van der Waals surface area contributed by atoms with E-state index in [1.807, 2.05) is 0 Å². The first kappa shape index (κ1) is 5.40. The second-order valence-electron chi connectivity index (χ2n) is 1.16. The van der Waals surface area contributed by atoms with Gasteiger partial charge in [0.05, 0.1) is 0 Å². The highest BCUT2D eigenvalue weighted by Gasteiger charge is 2.30. The molecule has 0 aromatic rings. The van der Waals surface area contributed by atoms with E-state index in [0.29, 0.717) is 0 Å². The normalized spacial score (nSPS) is 12.6. The molecule has 0 aliphatic rings. The summed E-state index contributed by atoms with van der Waals surface area (Å²) in [5, 5.41) is 3.02. The first-order valence-electron chi connectivity index (χ1n) is 2.09. The number of carbonyl (C=O) groups is 1. The van der Waals surface area contributed by atoms with Gasteiger partial charge in [0, 0.05) is 0 Å². The van der Waals surface area contributed by atoms with Gasteiger partial charge in [-0.2, -0.15) is 13.2 Å². The van der Waals surface area contributed by atoms with Crippen LogP contribution in [0.3, 0.4) is 0 Å². The van der Waals surface area contributed by atoms with Gasteiger partial charge in [0.1, 0.15) is 6.42 Å². The van der Waals surface area contributed by atoms with Crippen molar-refractivity contribution in [3.05, 3.63) is 0 Å². The average Bonchev–Trinajstić information content (AvgIpc) is 1.62. The zero-order valence-electron chi connectivity index (χ0n) is 4.66. The minimum Gasteiger partial charge on any atom is -0.481 e. The summed E-state index contributed by atoms with van der Waals surface area (Å²) in [7, 11) is 0. The summed E-state index contributed by atoms with van der Waals surface area (Å²) < 4.78 is 39.1. The van der Waals surface area contributed by atoms with Crippen molar-refractivity contribution < 1.29 is 23.1 Å². The molecule has 0 unspecified atom stereocenters. The molecule has 5 heteroatoms. The van der Waals surface area contributed by atoms with E-state index in [2.05, 4.69) is 5.11 Å². The Morgan fingerprint density at radius 2 is 2.25 bits per heavy atom. The third kappa shape index (κ3) is 5.26. The summed E-state index contributed by atoms with van der Waals surface area (Å²) in [6, 6.07) is 0. The Labute approximate surface area is 44.4 Å². The molecule has 2 nitrogen and oxygen atoms in total. The molecule has 0 aromatic carbocycles. The largest absolute Gasteiger partial charge is 0.481 e. The van der Waals surface area contributed by atoms with Gasteiger partial charge in [-0.25, -0.2) is 0 Å². The molecule has 0 fully saturated rings. The van der Waals surface area contributed by atoms with E-state index in [1.165, 1.54) is 0 Å². The standard InChI is InChI=1S/C3H3F3O2/c4-3(5,6)1-2(7)8/h1H2,(H,7,8)/i/hD. The van der Waals surface area contributed by atoms with Crippen molar-refractivity contribution in [3.8, 4) is 0 Å². The fraction of sp³-hybridized carbons (Fsp3) is 0.667. The lowest BCUT2D eigenvalue weighted by molar-refractivity contribution is -0.166. The number of carboxylic acid groups (broad SMARTS) is 1. The molecule has 0 spiro atoms. The van der Waals surface area contributed by atoms with Gasteiger partial charge in [-0.05, 0) is 0 Å². The summed E-state index contributed by atoms with van der Waals surface area (Å²) in [5.41, 5.74) is 0. The van der Waals surface area contributed by atoms with Crippen molar-refractivity contribution in [3.63, 3.8) is 0 Å². The minimum absolute atomic E-state index is 1.59. The SMILES string of the molecule is [2H]OC(=O)CC(F)(F)F. The summed E-state index contributed by atoms with van der Waals surface area (Å²) in [6.45, 7) is 0. The van der Waals surface area contributed by atoms with Crippen LogP contribution in [0.5, 0.6) is 0 Å². The average molecular weight is 129 g/mol. The van der Waals surface area contributed by atoms with Gasteiger partial charge < -0.3 is 5.11 Å². The van der Waals surface area contributed by atoms with Crippen LogP contribution in [0.2, 0.25) is 0 Å².